The van der Waals surface area contributed by atoms with Gasteiger partial charge in [0, 0.05) is 22.4 Å². The van der Waals surface area contributed by atoms with Gasteiger partial charge in [-0.05, 0) is 36.2 Å². The van der Waals surface area contributed by atoms with E-state index in [0.717, 1.165) is 33.2 Å². The zero-order valence-corrected chi connectivity index (χ0v) is 19.9. The molecule has 8 heteroatoms. The van der Waals surface area contributed by atoms with Crippen LogP contribution in [0.3, 0.4) is 0 Å². The van der Waals surface area contributed by atoms with E-state index in [1.165, 1.54) is 17.8 Å². The van der Waals surface area contributed by atoms with E-state index in [1.807, 2.05) is 78.9 Å². The summed E-state index contributed by atoms with van der Waals surface area (Å²) in [5.74, 6) is 0.376. The molecule has 0 radical (unpaired) electrons. The summed E-state index contributed by atoms with van der Waals surface area (Å²) in [6, 6.07) is 27.1. The van der Waals surface area contributed by atoms with Crippen LogP contribution in [0.15, 0.2) is 105 Å². The van der Waals surface area contributed by atoms with Crippen LogP contribution in [0.1, 0.15) is 5.56 Å². The molecule has 5 rings (SSSR count). The van der Waals surface area contributed by atoms with Gasteiger partial charge in [-0.15, -0.1) is 0 Å². The van der Waals surface area contributed by atoms with Crippen molar-refractivity contribution in [1.29, 1.82) is 0 Å². The standard InChI is InChI=1S/C26H22N4O2S2/c27-23-16-24(31)28-26(29(23)15-14-18-8-2-1-3-9-18)33-17-25(32)30-19-10-4-6-12-21(19)34-22-13-7-5-11-20(22)30/h1-13,16H,14-15,17,27H2. The predicted molar refractivity (Wildman–Crippen MR) is 138 cm³/mol. The maximum Gasteiger partial charge on any atom is 0.275 e. The lowest BCUT2D eigenvalue weighted by Crippen LogP contribution is -2.30. The average molecular weight is 487 g/mol. The molecule has 34 heavy (non-hydrogen) atoms. The Morgan fingerprint density at radius 2 is 1.53 bits per heavy atom. The van der Waals surface area contributed by atoms with Crippen LogP contribution < -0.4 is 16.2 Å². The first kappa shape index (κ1) is 22.3. The molecular weight excluding hydrogens is 464 g/mol. The van der Waals surface area contributed by atoms with Gasteiger partial charge in [0.15, 0.2) is 5.16 Å². The third-order valence-corrected chi connectivity index (χ3v) is 7.58. The molecule has 0 saturated carbocycles. The van der Waals surface area contributed by atoms with Crippen molar-refractivity contribution in [2.75, 3.05) is 16.4 Å². The number of aryl methyl sites for hydroxylation is 1. The van der Waals surface area contributed by atoms with Gasteiger partial charge in [0.2, 0.25) is 5.91 Å². The predicted octanol–water partition coefficient (Wildman–Crippen LogP) is 4.99. The Morgan fingerprint density at radius 1 is 0.912 bits per heavy atom. The van der Waals surface area contributed by atoms with E-state index in [2.05, 4.69) is 4.98 Å². The lowest BCUT2D eigenvalue weighted by molar-refractivity contribution is -0.115. The molecule has 1 amide bonds. The topological polar surface area (TPSA) is 81.2 Å². The number of aromatic nitrogens is 2. The maximum atomic E-state index is 13.5. The van der Waals surface area contributed by atoms with E-state index in [9.17, 15) is 9.59 Å². The summed E-state index contributed by atoms with van der Waals surface area (Å²) in [7, 11) is 0. The Bertz CT molecular complexity index is 1360. The van der Waals surface area contributed by atoms with Gasteiger partial charge < -0.3 is 10.3 Å². The Balaban J connectivity index is 1.40. The third kappa shape index (κ3) is 4.60. The molecule has 4 aromatic rings. The van der Waals surface area contributed by atoms with E-state index in [0.29, 0.717) is 17.5 Å². The highest BCUT2D eigenvalue weighted by molar-refractivity contribution is 8.00. The van der Waals surface area contributed by atoms with Crippen LogP contribution in [0, 0.1) is 0 Å². The van der Waals surface area contributed by atoms with Gasteiger partial charge in [0.05, 0.1) is 17.1 Å². The highest BCUT2D eigenvalue weighted by atomic mass is 32.2. The van der Waals surface area contributed by atoms with Gasteiger partial charge in [-0.2, -0.15) is 4.98 Å². The molecule has 1 aliphatic rings. The zero-order valence-electron chi connectivity index (χ0n) is 18.3. The van der Waals surface area contributed by atoms with Crippen molar-refractivity contribution < 1.29 is 4.79 Å². The molecule has 0 spiro atoms. The lowest BCUT2D eigenvalue weighted by atomic mass is 10.1. The van der Waals surface area contributed by atoms with E-state index < -0.39 is 5.56 Å². The summed E-state index contributed by atoms with van der Waals surface area (Å²) in [6.45, 7) is 0.561. The number of para-hydroxylation sites is 2. The highest BCUT2D eigenvalue weighted by Gasteiger charge is 2.28. The number of anilines is 3. The quantitative estimate of drug-likeness (QED) is 0.305. The van der Waals surface area contributed by atoms with E-state index in [1.54, 1.807) is 21.2 Å². The number of thioether (sulfide) groups is 1. The summed E-state index contributed by atoms with van der Waals surface area (Å²) in [4.78, 5) is 33.6. The molecule has 6 nitrogen and oxygen atoms in total. The number of fused-ring (bicyclic) bond motifs is 2. The number of nitrogen functional groups attached to an aromatic ring is 1. The molecule has 2 heterocycles. The van der Waals surface area contributed by atoms with Gasteiger partial charge in [-0.1, -0.05) is 78.1 Å². The van der Waals surface area contributed by atoms with E-state index in [4.69, 9.17) is 5.73 Å². The molecule has 170 valence electrons. The number of hydrogen-bond donors (Lipinski definition) is 1. The molecule has 2 N–H and O–H groups in total. The van der Waals surface area contributed by atoms with Gasteiger partial charge in [0.1, 0.15) is 5.82 Å². The first-order valence-corrected chi connectivity index (χ1v) is 12.6. The van der Waals surface area contributed by atoms with Crippen LogP contribution in [-0.2, 0) is 17.8 Å². The van der Waals surface area contributed by atoms with Gasteiger partial charge in [0.25, 0.3) is 5.56 Å². The second-order valence-corrected chi connectivity index (χ2v) is 9.77. The van der Waals surface area contributed by atoms with Crippen LogP contribution in [0.25, 0.3) is 0 Å². The maximum absolute atomic E-state index is 13.5. The van der Waals surface area contributed by atoms with Crippen LogP contribution in [0.4, 0.5) is 17.2 Å². The number of amides is 1. The molecule has 0 aliphatic carbocycles. The van der Waals surface area contributed by atoms with Gasteiger partial charge >= 0.3 is 0 Å². The minimum absolute atomic E-state index is 0.0866. The van der Waals surface area contributed by atoms with Crippen LogP contribution >= 0.6 is 23.5 Å². The van der Waals surface area contributed by atoms with Crippen LogP contribution in [0.2, 0.25) is 0 Å². The van der Waals surface area contributed by atoms with Crippen LogP contribution in [0.5, 0.6) is 0 Å². The Hall–Kier alpha value is -3.49. The number of benzene rings is 3. The van der Waals surface area contributed by atoms with E-state index in [-0.39, 0.29) is 11.7 Å². The third-order valence-electron chi connectivity index (χ3n) is 5.49. The largest absolute Gasteiger partial charge is 0.385 e. The zero-order chi connectivity index (χ0) is 23.5. The number of nitrogens with zero attached hydrogens (tertiary/aromatic N) is 3. The number of rotatable bonds is 6. The van der Waals surface area contributed by atoms with Crippen molar-refractivity contribution in [2.24, 2.45) is 0 Å². The number of nitrogens with two attached hydrogens (primary N) is 1. The second-order valence-electron chi connectivity index (χ2n) is 7.74. The fraction of sp³-hybridized carbons (Fsp3) is 0.115. The molecular formula is C26H22N4O2S2. The van der Waals surface area contributed by atoms with Gasteiger partial charge in [-0.3, -0.25) is 14.5 Å². The molecule has 0 saturated heterocycles. The van der Waals surface area contributed by atoms with Crippen molar-refractivity contribution >= 4 is 46.6 Å². The summed E-state index contributed by atoms with van der Waals surface area (Å²) in [5.41, 5.74) is 8.64. The fourth-order valence-electron chi connectivity index (χ4n) is 3.89. The number of carbonyl (C=O) groups is 1. The minimum atomic E-state index is -0.409. The number of carbonyl (C=O) groups excluding carboxylic acids is 1. The Morgan fingerprint density at radius 3 is 2.21 bits per heavy atom. The molecule has 1 aliphatic heterocycles. The normalized spacial score (nSPS) is 12.2. The summed E-state index contributed by atoms with van der Waals surface area (Å²) in [6.07, 6.45) is 0.737. The first-order valence-electron chi connectivity index (χ1n) is 10.8. The second kappa shape index (κ2) is 9.79. The van der Waals surface area contributed by atoms with Crippen molar-refractivity contribution in [1.82, 2.24) is 9.55 Å². The molecule has 0 bridgehead atoms. The Labute approximate surface area is 205 Å². The van der Waals surface area contributed by atoms with Crippen molar-refractivity contribution in [2.45, 2.75) is 27.9 Å². The SMILES string of the molecule is Nc1cc(=O)nc(SCC(=O)N2c3ccccc3Sc3ccccc32)n1CCc1ccccc1. The highest BCUT2D eigenvalue weighted by Crippen LogP contribution is 2.48. The van der Waals surface area contributed by atoms with Crippen LogP contribution in [-0.4, -0.2) is 21.2 Å². The monoisotopic (exact) mass is 486 g/mol. The summed E-state index contributed by atoms with van der Waals surface area (Å²) < 4.78 is 1.81. The molecule has 1 aromatic heterocycles. The summed E-state index contributed by atoms with van der Waals surface area (Å²) >= 11 is 2.89. The molecule has 0 atom stereocenters. The van der Waals surface area contributed by atoms with Crippen molar-refractivity contribution in [3.63, 3.8) is 0 Å². The average Bonchev–Trinajstić information content (AvgIpc) is 2.85. The fourth-order valence-corrected chi connectivity index (χ4v) is 5.83. The van der Waals surface area contributed by atoms with Crippen molar-refractivity contribution in [3.8, 4) is 0 Å². The molecule has 0 fully saturated rings. The smallest absolute Gasteiger partial charge is 0.275 e. The molecule has 0 unspecified atom stereocenters. The van der Waals surface area contributed by atoms with E-state index >= 15 is 0 Å². The summed E-state index contributed by atoms with van der Waals surface area (Å²) in [5, 5.41) is 0.447. The Kier molecular flexibility index (Phi) is 6.42. The van der Waals surface area contributed by atoms with Crippen molar-refractivity contribution in [3.05, 3.63) is 101 Å². The lowest BCUT2D eigenvalue weighted by Gasteiger charge is -2.31. The minimum Gasteiger partial charge on any atom is -0.385 e. The number of hydrogen-bond acceptors (Lipinski definition) is 6. The van der Waals surface area contributed by atoms with Gasteiger partial charge in [-0.25, -0.2) is 0 Å². The molecule has 3 aromatic carbocycles. The first-order chi connectivity index (χ1) is 16.6.